The van der Waals surface area contributed by atoms with Gasteiger partial charge in [0, 0.05) is 12.1 Å². The lowest BCUT2D eigenvalue weighted by atomic mass is 9.96. The van der Waals surface area contributed by atoms with Crippen molar-refractivity contribution < 1.29 is 13.2 Å². The van der Waals surface area contributed by atoms with Gasteiger partial charge in [0.2, 0.25) is 0 Å². The SMILES string of the molecule is O=C(NC1CCCCC1)NC1CCS(=O)(=O)CC1. The number of urea groups is 1. The van der Waals surface area contributed by atoms with Crippen LogP contribution in [0.1, 0.15) is 44.9 Å². The number of hydrogen-bond donors (Lipinski definition) is 2. The second kappa shape index (κ2) is 5.91. The summed E-state index contributed by atoms with van der Waals surface area (Å²) < 4.78 is 22.5. The maximum absolute atomic E-state index is 11.8. The van der Waals surface area contributed by atoms with E-state index < -0.39 is 9.84 Å². The third kappa shape index (κ3) is 4.15. The molecule has 0 bridgehead atoms. The van der Waals surface area contributed by atoms with Crippen molar-refractivity contribution in [2.45, 2.75) is 57.0 Å². The molecule has 104 valence electrons. The molecule has 0 aromatic rings. The van der Waals surface area contributed by atoms with Crippen LogP contribution in [0.5, 0.6) is 0 Å². The molecular formula is C12H22N2O3S. The topological polar surface area (TPSA) is 75.3 Å². The highest BCUT2D eigenvalue weighted by Crippen LogP contribution is 2.17. The predicted molar refractivity (Wildman–Crippen MR) is 70.2 cm³/mol. The first-order valence-corrected chi connectivity index (χ1v) is 8.65. The molecule has 18 heavy (non-hydrogen) atoms. The molecule has 1 heterocycles. The Bertz CT molecular complexity index is 374. The molecular weight excluding hydrogens is 252 g/mol. The summed E-state index contributed by atoms with van der Waals surface area (Å²) in [6.07, 6.45) is 6.85. The molecule has 0 radical (unpaired) electrons. The van der Waals surface area contributed by atoms with Gasteiger partial charge in [0.1, 0.15) is 9.84 Å². The second-order valence-electron chi connectivity index (χ2n) is 5.38. The monoisotopic (exact) mass is 274 g/mol. The Hall–Kier alpha value is -0.780. The van der Waals surface area contributed by atoms with E-state index in [1.807, 2.05) is 0 Å². The van der Waals surface area contributed by atoms with Gasteiger partial charge in [-0.3, -0.25) is 0 Å². The molecule has 2 aliphatic rings. The van der Waals surface area contributed by atoms with Crippen LogP contribution < -0.4 is 10.6 Å². The molecule has 0 aromatic carbocycles. The average molecular weight is 274 g/mol. The first-order chi connectivity index (χ1) is 8.55. The summed E-state index contributed by atoms with van der Waals surface area (Å²) in [5, 5.41) is 5.88. The summed E-state index contributed by atoms with van der Waals surface area (Å²) in [4.78, 5) is 11.8. The Morgan fingerprint density at radius 3 is 1.89 bits per heavy atom. The quantitative estimate of drug-likeness (QED) is 0.794. The minimum atomic E-state index is -2.85. The van der Waals surface area contributed by atoms with Crippen LogP contribution in [0.15, 0.2) is 0 Å². The highest BCUT2D eigenvalue weighted by Gasteiger charge is 2.25. The van der Waals surface area contributed by atoms with E-state index in [-0.39, 0.29) is 23.6 Å². The van der Waals surface area contributed by atoms with Gasteiger partial charge >= 0.3 is 6.03 Å². The van der Waals surface area contributed by atoms with Crippen LogP contribution in [0.2, 0.25) is 0 Å². The molecule has 2 rings (SSSR count). The number of sulfone groups is 1. The smallest absolute Gasteiger partial charge is 0.315 e. The van der Waals surface area contributed by atoms with Crippen molar-refractivity contribution in [2.75, 3.05) is 11.5 Å². The summed E-state index contributed by atoms with van der Waals surface area (Å²) >= 11 is 0. The van der Waals surface area contributed by atoms with E-state index in [4.69, 9.17) is 0 Å². The summed E-state index contributed by atoms with van der Waals surface area (Å²) in [7, 11) is -2.85. The zero-order valence-corrected chi connectivity index (χ0v) is 11.5. The zero-order chi connectivity index (χ0) is 13.0. The third-order valence-corrected chi connectivity index (χ3v) is 5.55. The molecule has 1 saturated heterocycles. The zero-order valence-electron chi connectivity index (χ0n) is 10.7. The lowest BCUT2D eigenvalue weighted by Gasteiger charge is -2.26. The molecule has 0 spiro atoms. The van der Waals surface area contributed by atoms with E-state index in [1.54, 1.807) is 0 Å². The van der Waals surface area contributed by atoms with Crippen molar-refractivity contribution in [3.63, 3.8) is 0 Å². The molecule has 6 heteroatoms. The van der Waals surface area contributed by atoms with Crippen molar-refractivity contribution in [1.29, 1.82) is 0 Å². The summed E-state index contributed by atoms with van der Waals surface area (Å²) in [5.41, 5.74) is 0. The minimum Gasteiger partial charge on any atom is -0.335 e. The van der Waals surface area contributed by atoms with Gasteiger partial charge in [-0.05, 0) is 25.7 Å². The fourth-order valence-corrected chi connectivity index (χ4v) is 4.19. The lowest BCUT2D eigenvalue weighted by molar-refractivity contribution is 0.227. The third-order valence-electron chi connectivity index (χ3n) is 3.83. The van der Waals surface area contributed by atoms with Gasteiger partial charge in [0.05, 0.1) is 11.5 Å². The molecule has 2 N–H and O–H groups in total. The molecule has 0 unspecified atom stereocenters. The van der Waals surface area contributed by atoms with Crippen LogP contribution in [0.25, 0.3) is 0 Å². The van der Waals surface area contributed by atoms with Crippen LogP contribution in [-0.2, 0) is 9.84 Å². The summed E-state index contributed by atoms with van der Waals surface area (Å²) in [6.45, 7) is 0. The highest BCUT2D eigenvalue weighted by atomic mass is 32.2. The molecule has 1 saturated carbocycles. The van der Waals surface area contributed by atoms with E-state index in [2.05, 4.69) is 10.6 Å². The van der Waals surface area contributed by atoms with E-state index in [1.165, 1.54) is 19.3 Å². The number of rotatable bonds is 2. The van der Waals surface area contributed by atoms with Gasteiger partial charge in [-0.25, -0.2) is 13.2 Å². The summed E-state index contributed by atoms with van der Waals surface area (Å²) in [6, 6.07) is 0.175. The molecule has 0 atom stereocenters. The van der Waals surface area contributed by atoms with E-state index in [0.29, 0.717) is 18.9 Å². The van der Waals surface area contributed by atoms with Crippen LogP contribution >= 0.6 is 0 Å². The van der Waals surface area contributed by atoms with Crippen LogP contribution in [0, 0.1) is 0 Å². The van der Waals surface area contributed by atoms with Crippen molar-refractivity contribution in [1.82, 2.24) is 10.6 Å². The van der Waals surface area contributed by atoms with E-state index in [9.17, 15) is 13.2 Å². The fraction of sp³-hybridized carbons (Fsp3) is 0.917. The van der Waals surface area contributed by atoms with Gasteiger partial charge in [0.15, 0.2) is 0 Å². The maximum Gasteiger partial charge on any atom is 0.315 e. The lowest BCUT2D eigenvalue weighted by Crippen LogP contribution is -2.48. The Balaban J connectivity index is 1.71. The number of amides is 2. The van der Waals surface area contributed by atoms with Gasteiger partial charge in [-0.15, -0.1) is 0 Å². The maximum atomic E-state index is 11.8. The highest BCUT2D eigenvalue weighted by molar-refractivity contribution is 7.91. The molecule has 2 fully saturated rings. The van der Waals surface area contributed by atoms with Crippen molar-refractivity contribution in [3.8, 4) is 0 Å². The molecule has 2 amide bonds. The molecule has 5 nitrogen and oxygen atoms in total. The van der Waals surface area contributed by atoms with E-state index >= 15 is 0 Å². The van der Waals surface area contributed by atoms with Crippen molar-refractivity contribution in [3.05, 3.63) is 0 Å². The van der Waals surface area contributed by atoms with Crippen molar-refractivity contribution >= 4 is 15.9 Å². The van der Waals surface area contributed by atoms with Gasteiger partial charge in [0.25, 0.3) is 0 Å². The van der Waals surface area contributed by atoms with Crippen LogP contribution in [0.3, 0.4) is 0 Å². The van der Waals surface area contributed by atoms with Gasteiger partial charge < -0.3 is 10.6 Å². The van der Waals surface area contributed by atoms with Crippen LogP contribution in [-0.4, -0.2) is 38.0 Å². The molecule has 0 aromatic heterocycles. The molecule has 1 aliphatic carbocycles. The first-order valence-electron chi connectivity index (χ1n) is 6.83. The van der Waals surface area contributed by atoms with Gasteiger partial charge in [-0.2, -0.15) is 0 Å². The average Bonchev–Trinajstić information content (AvgIpc) is 2.33. The standard InChI is InChI=1S/C12H22N2O3S/c15-12(13-10-4-2-1-3-5-10)14-11-6-8-18(16,17)9-7-11/h10-11H,1-9H2,(H2,13,14,15). The number of hydrogen-bond acceptors (Lipinski definition) is 3. The predicted octanol–water partition coefficient (Wildman–Crippen LogP) is 1.20. The normalized spacial score (nSPS) is 25.6. The Kier molecular flexibility index (Phi) is 4.48. The second-order valence-corrected chi connectivity index (χ2v) is 7.68. The number of carbonyl (C=O) groups excluding carboxylic acids is 1. The van der Waals surface area contributed by atoms with Crippen molar-refractivity contribution in [2.24, 2.45) is 0 Å². The number of nitrogens with one attached hydrogen (secondary N) is 2. The first kappa shape index (κ1) is 13.6. The van der Waals surface area contributed by atoms with Crippen LogP contribution in [0.4, 0.5) is 4.79 Å². The molecule has 1 aliphatic heterocycles. The Morgan fingerprint density at radius 2 is 1.33 bits per heavy atom. The number of carbonyl (C=O) groups is 1. The minimum absolute atomic E-state index is 0.0112. The summed E-state index contributed by atoms with van der Waals surface area (Å²) in [5.74, 6) is 0.392. The van der Waals surface area contributed by atoms with E-state index in [0.717, 1.165) is 12.8 Å². The Labute approximate surface area is 109 Å². The Morgan fingerprint density at radius 1 is 0.833 bits per heavy atom. The van der Waals surface area contributed by atoms with Gasteiger partial charge in [-0.1, -0.05) is 19.3 Å². The fourth-order valence-electron chi connectivity index (χ4n) is 2.69. The largest absolute Gasteiger partial charge is 0.335 e.